The number of nitrogens with one attached hydrogen (secondary N) is 1. The highest BCUT2D eigenvalue weighted by Gasteiger charge is 2.29. The number of rotatable bonds is 8. The second-order valence-corrected chi connectivity index (χ2v) is 11.7. The van der Waals surface area contributed by atoms with E-state index in [1.807, 2.05) is 24.3 Å². The van der Waals surface area contributed by atoms with Gasteiger partial charge in [0.15, 0.2) is 0 Å². The Labute approximate surface area is 198 Å². The highest BCUT2D eigenvalue weighted by molar-refractivity contribution is 7.91. The number of sulfonamides is 1. The first-order valence-corrected chi connectivity index (χ1v) is 13.5. The van der Waals surface area contributed by atoms with Crippen molar-refractivity contribution in [2.45, 2.75) is 29.5 Å². The van der Waals surface area contributed by atoms with E-state index in [1.165, 1.54) is 15.6 Å². The maximum atomic E-state index is 12.7. The number of halogens is 1. The van der Waals surface area contributed by atoms with Crippen molar-refractivity contribution in [1.29, 1.82) is 0 Å². The molecule has 2 saturated heterocycles. The number of hydrogen-bond donors (Lipinski definition) is 1. The second-order valence-electron chi connectivity index (χ2n) is 8.00. The molecule has 1 amide bonds. The molecule has 2 aromatic rings. The number of nitrogens with zero attached hydrogens (tertiary/aromatic N) is 2. The highest BCUT2D eigenvalue weighted by atomic mass is 35.5. The molecule has 0 radical (unpaired) electrons. The summed E-state index contributed by atoms with van der Waals surface area (Å²) < 4.78 is 32.8. The average molecular weight is 498 g/mol. The molecule has 3 heterocycles. The van der Waals surface area contributed by atoms with Crippen molar-refractivity contribution in [1.82, 2.24) is 14.5 Å². The molecule has 0 spiro atoms. The molecule has 1 unspecified atom stereocenters. The van der Waals surface area contributed by atoms with E-state index in [-0.39, 0.29) is 18.4 Å². The number of thiophene rings is 1. The van der Waals surface area contributed by atoms with Crippen molar-refractivity contribution in [2.24, 2.45) is 0 Å². The summed E-state index contributed by atoms with van der Waals surface area (Å²) in [5, 5.41) is 3.70. The Bertz CT molecular complexity index is 1030. The van der Waals surface area contributed by atoms with Crippen LogP contribution in [-0.4, -0.2) is 69.5 Å². The molecule has 2 aliphatic rings. The molecule has 2 fully saturated rings. The fourth-order valence-electron chi connectivity index (χ4n) is 4.15. The van der Waals surface area contributed by atoms with Gasteiger partial charge in [-0.25, -0.2) is 8.42 Å². The number of carbonyl (C=O) groups excluding carboxylic acids is 1. The molecule has 32 heavy (non-hydrogen) atoms. The van der Waals surface area contributed by atoms with Crippen LogP contribution in [0.1, 0.15) is 29.3 Å². The summed E-state index contributed by atoms with van der Waals surface area (Å²) in [4.78, 5) is 15.7. The first-order valence-electron chi connectivity index (χ1n) is 10.9. The maximum absolute atomic E-state index is 12.7. The summed E-state index contributed by atoms with van der Waals surface area (Å²) in [6.45, 7) is 4.41. The Morgan fingerprint density at radius 2 is 1.81 bits per heavy atom. The largest absolute Gasteiger partial charge is 0.379 e. The lowest BCUT2D eigenvalue weighted by Crippen LogP contribution is -2.44. The van der Waals surface area contributed by atoms with Gasteiger partial charge in [-0.1, -0.05) is 29.8 Å². The molecule has 1 atom stereocenters. The molecule has 2 aliphatic heterocycles. The van der Waals surface area contributed by atoms with E-state index in [4.69, 9.17) is 16.3 Å². The van der Waals surface area contributed by atoms with Crippen molar-refractivity contribution < 1.29 is 17.9 Å². The molecule has 7 nitrogen and oxygen atoms in total. The Morgan fingerprint density at radius 3 is 2.53 bits per heavy atom. The van der Waals surface area contributed by atoms with Gasteiger partial charge in [0, 0.05) is 42.6 Å². The predicted molar refractivity (Wildman–Crippen MR) is 126 cm³/mol. The molecule has 1 aromatic heterocycles. The summed E-state index contributed by atoms with van der Waals surface area (Å²) in [7, 11) is -3.45. The van der Waals surface area contributed by atoms with Crippen LogP contribution in [0.3, 0.4) is 0 Å². The zero-order valence-corrected chi connectivity index (χ0v) is 20.2. The smallest absolute Gasteiger partial charge is 0.252 e. The van der Waals surface area contributed by atoms with Crippen molar-refractivity contribution in [3.8, 4) is 0 Å². The van der Waals surface area contributed by atoms with Crippen LogP contribution in [0.5, 0.6) is 0 Å². The lowest BCUT2D eigenvalue weighted by Gasteiger charge is -2.35. The fraction of sp³-hybridized carbons (Fsp3) is 0.500. The number of ether oxygens (including phenoxy) is 1. The SMILES string of the molecule is O=C(Cc1ccc(S(=O)(=O)N2CCCC2)s1)NCC(c1ccccc1Cl)N1CCOCC1. The van der Waals surface area contributed by atoms with E-state index >= 15 is 0 Å². The van der Waals surface area contributed by atoms with Crippen LogP contribution < -0.4 is 5.32 Å². The Hall–Kier alpha value is -1.49. The van der Waals surface area contributed by atoms with Gasteiger partial charge in [0.2, 0.25) is 5.91 Å². The van der Waals surface area contributed by atoms with Gasteiger partial charge in [-0.05, 0) is 36.6 Å². The third-order valence-corrected chi connectivity index (χ3v) is 9.67. The summed E-state index contributed by atoms with van der Waals surface area (Å²) in [6.07, 6.45) is 1.95. The van der Waals surface area contributed by atoms with Crippen molar-refractivity contribution in [2.75, 3.05) is 45.9 Å². The maximum Gasteiger partial charge on any atom is 0.252 e. The van der Waals surface area contributed by atoms with E-state index in [1.54, 1.807) is 12.1 Å². The molecule has 10 heteroatoms. The number of benzene rings is 1. The average Bonchev–Trinajstić information content (AvgIpc) is 3.49. The number of carbonyl (C=O) groups is 1. The van der Waals surface area contributed by atoms with Crippen LogP contribution in [-0.2, 0) is 26.0 Å². The van der Waals surface area contributed by atoms with Gasteiger partial charge < -0.3 is 10.1 Å². The number of hydrogen-bond acceptors (Lipinski definition) is 6. The van der Waals surface area contributed by atoms with Crippen molar-refractivity contribution in [3.63, 3.8) is 0 Å². The van der Waals surface area contributed by atoms with Crippen LogP contribution in [0, 0.1) is 0 Å². The third kappa shape index (κ3) is 5.52. The van der Waals surface area contributed by atoms with Gasteiger partial charge in [-0.15, -0.1) is 11.3 Å². The lowest BCUT2D eigenvalue weighted by molar-refractivity contribution is -0.120. The van der Waals surface area contributed by atoms with Gasteiger partial charge in [-0.3, -0.25) is 9.69 Å². The quantitative estimate of drug-likeness (QED) is 0.606. The molecule has 0 saturated carbocycles. The third-order valence-electron chi connectivity index (χ3n) is 5.87. The fourth-order valence-corrected chi connectivity index (χ4v) is 7.44. The van der Waals surface area contributed by atoms with Crippen molar-refractivity contribution in [3.05, 3.63) is 51.9 Å². The summed E-state index contributed by atoms with van der Waals surface area (Å²) in [6, 6.07) is 11.0. The number of amides is 1. The minimum atomic E-state index is -3.45. The van der Waals surface area contributed by atoms with Crippen LogP contribution in [0.15, 0.2) is 40.6 Å². The molecular formula is C22H28ClN3O4S2. The predicted octanol–water partition coefficient (Wildman–Crippen LogP) is 2.92. The van der Waals surface area contributed by atoms with E-state index in [0.717, 1.165) is 36.4 Å². The first kappa shape index (κ1) is 23.7. The van der Waals surface area contributed by atoms with E-state index in [0.29, 0.717) is 42.1 Å². The summed E-state index contributed by atoms with van der Waals surface area (Å²) >= 11 is 7.63. The Kier molecular flexibility index (Phi) is 7.86. The van der Waals surface area contributed by atoms with Gasteiger partial charge >= 0.3 is 0 Å². The molecule has 0 bridgehead atoms. The van der Waals surface area contributed by atoms with E-state index in [2.05, 4.69) is 10.2 Å². The standard InChI is InChI=1S/C22H28ClN3O4S2/c23-19-6-2-1-5-18(19)20(25-11-13-30-14-12-25)16-24-21(27)15-17-7-8-22(31-17)32(28,29)26-9-3-4-10-26/h1-2,5-8,20H,3-4,9-16H2,(H,24,27). The zero-order valence-electron chi connectivity index (χ0n) is 17.8. The minimum absolute atomic E-state index is 0.0500. The summed E-state index contributed by atoms with van der Waals surface area (Å²) in [5.74, 6) is -0.137. The minimum Gasteiger partial charge on any atom is -0.379 e. The molecular weight excluding hydrogens is 470 g/mol. The van der Waals surface area contributed by atoms with Crippen LogP contribution >= 0.6 is 22.9 Å². The highest BCUT2D eigenvalue weighted by Crippen LogP contribution is 2.29. The monoisotopic (exact) mass is 497 g/mol. The Morgan fingerprint density at radius 1 is 1.09 bits per heavy atom. The van der Waals surface area contributed by atoms with Gasteiger partial charge in [0.05, 0.1) is 25.7 Å². The molecule has 1 aromatic carbocycles. The van der Waals surface area contributed by atoms with Gasteiger partial charge in [-0.2, -0.15) is 4.31 Å². The van der Waals surface area contributed by atoms with Crippen LogP contribution in [0.25, 0.3) is 0 Å². The summed E-state index contributed by atoms with van der Waals surface area (Å²) in [5.41, 5.74) is 0.978. The second kappa shape index (κ2) is 10.6. The lowest BCUT2D eigenvalue weighted by atomic mass is 10.0. The van der Waals surface area contributed by atoms with Crippen LogP contribution in [0.4, 0.5) is 0 Å². The van der Waals surface area contributed by atoms with Crippen LogP contribution in [0.2, 0.25) is 5.02 Å². The topological polar surface area (TPSA) is 79.0 Å². The van der Waals surface area contributed by atoms with Gasteiger partial charge in [0.25, 0.3) is 10.0 Å². The number of morpholine rings is 1. The molecule has 1 N–H and O–H groups in total. The van der Waals surface area contributed by atoms with Crippen molar-refractivity contribution >= 4 is 38.9 Å². The van der Waals surface area contributed by atoms with E-state index in [9.17, 15) is 13.2 Å². The molecule has 174 valence electrons. The normalized spacial score (nSPS) is 19.2. The van der Waals surface area contributed by atoms with E-state index < -0.39 is 10.0 Å². The zero-order chi connectivity index (χ0) is 22.6. The molecule has 0 aliphatic carbocycles. The first-order chi connectivity index (χ1) is 15.4. The van der Waals surface area contributed by atoms with Gasteiger partial charge in [0.1, 0.15) is 4.21 Å². The molecule has 4 rings (SSSR count). The Balaban J connectivity index is 1.39.